The number of aryl methyl sites for hydroxylation is 1. The molecule has 0 bridgehead atoms. The molecule has 3 heteroatoms. The van der Waals surface area contributed by atoms with E-state index in [2.05, 4.69) is 48.0 Å². The molecular formula is C18H28N2O. The van der Waals surface area contributed by atoms with Crippen LogP contribution >= 0.6 is 0 Å². The Bertz CT molecular complexity index is 467. The predicted molar refractivity (Wildman–Crippen MR) is 86.4 cm³/mol. The smallest absolute Gasteiger partial charge is 0.108 e. The second kappa shape index (κ2) is 6.07. The van der Waals surface area contributed by atoms with Crippen LogP contribution in [0.1, 0.15) is 36.8 Å². The highest BCUT2D eigenvalue weighted by Crippen LogP contribution is 2.36. The lowest BCUT2D eigenvalue weighted by Crippen LogP contribution is -2.60. The predicted octanol–water partition coefficient (Wildman–Crippen LogP) is 2.37. The summed E-state index contributed by atoms with van der Waals surface area (Å²) < 4.78 is 0. The first-order valence-corrected chi connectivity index (χ1v) is 8.32. The zero-order chi connectivity index (χ0) is 14.9. The fraction of sp³-hybridized carbons (Fsp3) is 0.667. The first-order chi connectivity index (χ1) is 10.1. The minimum atomic E-state index is -0.697. The number of hydrogen-bond acceptors (Lipinski definition) is 3. The zero-order valence-corrected chi connectivity index (χ0v) is 13.4. The van der Waals surface area contributed by atoms with E-state index < -0.39 is 5.60 Å². The Morgan fingerprint density at radius 1 is 1.05 bits per heavy atom. The van der Waals surface area contributed by atoms with Gasteiger partial charge in [-0.2, -0.15) is 0 Å². The minimum Gasteiger partial charge on any atom is -0.383 e. The summed E-state index contributed by atoms with van der Waals surface area (Å²) in [4.78, 5) is 4.89. The van der Waals surface area contributed by atoms with Crippen LogP contribution in [-0.4, -0.2) is 54.2 Å². The van der Waals surface area contributed by atoms with Gasteiger partial charge in [0.15, 0.2) is 0 Å². The van der Waals surface area contributed by atoms with E-state index in [0.717, 1.165) is 38.2 Å². The monoisotopic (exact) mass is 288 g/mol. The molecular weight excluding hydrogens is 260 g/mol. The van der Waals surface area contributed by atoms with Gasteiger partial charge in [0.2, 0.25) is 0 Å². The highest BCUT2D eigenvalue weighted by Gasteiger charge is 2.45. The van der Waals surface area contributed by atoms with Crippen LogP contribution in [0.5, 0.6) is 0 Å². The van der Waals surface area contributed by atoms with Crippen molar-refractivity contribution in [3.8, 4) is 0 Å². The molecule has 1 aromatic carbocycles. The quantitative estimate of drug-likeness (QED) is 0.905. The molecule has 21 heavy (non-hydrogen) atoms. The van der Waals surface area contributed by atoms with Crippen molar-refractivity contribution < 1.29 is 5.11 Å². The van der Waals surface area contributed by atoms with E-state index in [0.29, 0.717) is 0 Å². The third-order valence-electron chi connectivity index (χ3n) is 5.29. The summed E-state index contributed by atoms with van der Waals surface area (Å²) in [6.07, 6.45) is 4.70. The SMILES string of the molecule is Cc1ccc(C2(O)CCN(C)CC2N2CCCCC2)cc1. The lowest BCUT2D eigenvalue weighted by molar-refractivity contribution is -0.0994. The summed E-state index contributed by atoms with van der Waals surface area (Å²) >= 11 is 0. The summed E-state index contributed by atoms with van der Waals surface area (Å²) in [5.41, 5.74) is 1.65. The summed E-state index contributed by atoms with van der Waals surface area (Å²) in [6.45, 7) is 6.29. The van der Waals surface area contributed by atoms with Gasteiger partial charge < -0.3 is 10.0 Å². The standard InChI is InChI=1S/C18H28N2O/c1-15-6-8-16(9-7-15)18(21)10-13-19(2)14-17(18)20-11-4-3-5-12-20/h6-9,17,21H,3-5,10-14H2,1-2H3. The molecule has 2 aliphatic heterocycles. The van der Waals surface area contributed by atoms with Gasteiger partial charge >= 0.3 is 0 Å². The zero-order valence-electron chi connectivity index (χ0n) is 13.4. The van der Waals surface area contributed by atoms with Gasteiger partial charge in [0.25, 0.3) is 0 Å². The van der Waals surface area contributed by atoms with Gasteiger partial charge in [-0.05, 0) is 51.9 Å². The van der Waals surface area contributed by atoms with E-state index in [4.69, 9.17) is 0 Å². The van der Waals surface area contributed by atoms with Crippen LogP contribution in [0.3, 0.4) is 0 Å². The summed E-state index contributed by atoms with van der Waals surface area (Å²) in [7, 11) is 2.17. The number of nitrogens with zero attached hydrogens (tertiary/aromatic N) is 2. The van der Waals surface area contributed by atoms with E-state index >= 15 is 0 Å². The highest BCUT2D eigenvalue weighted by molar-refractivity contribution is 5.29. The molecule has 3 nitrogen and oxygen atoms in total. The van der Waals surface area contributed by atoms with Gasteiger partial charge in [-0.1, -0.05) is 36.2 Å². The number of piperidine rings is 2. The highest BCUT2D eigenvalue weighted by atomic mass is 16.3. The minimum absolute atomic E-state index is 0.222. The van der Waals surface area contributed by atoms with Crippen molar-refractivity contribution in [2.75, 3.05) is 33.2 Å². The molecule has 0 spiro atoms. The molecule has 2 heterocycles. The summed E-state index contributed by atoms with van der Waals surface area (Å²) in [5.74, 6) is 0. The second-order valence-electron chi connectivity index (χ2n) is 6.91. The van der Waals surface area contributed by atoms with E-state index in [-0.39, 0.29) is 6.04 Å². The average molecular weight is 288 g/mol. The Morgan fingerprint density at radius 3 is 2.38 bits per heavy atom. The van der Waals surface area contributed by atoms with Crippen molar-refractivity contribution in [3.05, 3.63) is 35.4 Å². The molecule has 116 valence electrons. The number of hydrogen-bond donors (Lipinski definition) is 1. The Morgan fingerprint density at radius 2 is 1.71 bits per heavy atom. The van der Waals surface area contributed by atoms with Gasteiger partial charge in [0.05, 0.1) is 6.04 Å². The van der Waals surface area contributed by atoms with E-state index in [1.54, 1.807) is 0 Å². The first kappa shape index (κ1) is 15.0. The van der Waals surface area contributed by atoms with Crippen LogP contribution < -0.4 is 0 Å². The molecule has 2 saturated heterocycles. The maximum atomic E-state index is 11.5. The van der Waals surface area contributed by atoms with Gasteiger partial charge in [0.1, 0.15) is 5.60 Å². The van der Waals surface area contributed by atoms with Crippen LogP contribution in [0.25, 0.3) is 0 Å². The van der Waals surface area contributed by atoms with Crippen molar-refractivity contribution >= 4 is 0 Å². The Labute approximate surface area is 128 Å². The molecule has 2 atom stereocenters. The molecule has 1 aromatic rings. The first-order valence-electron chi connectivity index (χ1n) is 8.32. The Kier molecular flexibility index (Phi) is 4.34. The fourth-order valence-corrected chi connectivity index (χ4v) is 3.89. The molecule has 2 fully saturated rings. The summed E-state index contributed by atoms with van der Waals surface area (Å²) in [6, 6.07) is 8.71. The van der Waals surface area contributed by atoms with Gasteiger partial charge in [0, 0.05) is 13.1 Å². The second-order valence-corrected chi connectivity index (χ2v) is 6.91. The molecule has 3 rings (SSSR count). The third kappa shape index (κ3) is 3.01. The fourth-order valence-electron chi connectivity index (χ4n) is 3.89. The largest absolute Gasteiger partial charge is 0.383 e. The summed E-state index contributed by atoms with van der Waals surface area (Å²) in [5, 5.41) is 11.5. The number of likely N-dealkylation sites (N-methyl/N-ethyl adjacent to an activating group) is 1. The van der Waals surface area contributed by atoms with Crippen LogP contribution in [0, 0.1) is 6.92 Å². The maximum absolute atomic E-state index is 11.5. The van der Waals surface area contributed by atoms with E-state index in [1.165, 1.54) is 24.8 Å². The van der Waals surface area contributed by atoms with E-state index in [1.807, 2.05) is 0 Å². The normalized spacial score (nSPS) is 32.2. The van der Waals surface area contributed by atoms with Crippen molar-refractivity contribution in [1.82, 2.24) is 9.80 Å². The van der Waals surface area contributed by atoms with Crippen LogP contribution in [0.2, 0.25) is 0 Å². The molecule has 0 aliphatic carbocycles. The molecule has 0 amide bonds. The number of aliphatic hydroxyl groups is 1. The van der Waals surface area contributed by atoms with E-state index in [9.17, 15) is 5.11 Å². The average Bonchev–Trinajstić information content (AvgIpc) is 2.51. The molecule has 2 aliphatic rings. The lowest BCUT2D eigenvalue weighted by Gasteiger charge is -2.49. The lowest BCUT2D eigenvalue weighted by atomic mass is 9.79. The third-order valence-corrected chi connectivity index (χ3v) is 5.29. The molecule has 0 radical (unpaired) electrons. The van der Waals surface area contributed by atoms with Gasteiger partial charge in [-0.3, -0.25) is 4.90 Å². The van der Waals surface area contributed by atoms with Crippen LogP contribution in [0.4, 0.5) is 0 Å². The van der Waals surface area contributed by atoms with Crippen molar-refractivity contribution in [2.45, 2.75) is 44.2 Å². The number of benzene rings is 1. The Hall–Kier alpha value is -0.900. The van der Waals surface area contributed by atoms with Crippen molar-refractivity contribution in [1.29, 1.82) is 0 Å². The molecule has 1 N–H and O–H groups in total. The van der Waals surface area contributed by atoms with Gasteiger partial charge in [-0.25, -0.2) is 0 Å². The maximum Gasteiger partial charge on any atom is 0.108 e. The molecule has 0 aromatic heterocycles. The number of likely N-dealkylation sites (tertiary alicyclic amines) is 2. The molecule has 2 unspecified atom stereocenters. The van der Waals surface area contributed by atoms with Crippen LogP contribution in [0.15, 0.2) is 24.3 Å². The molecule has 0 saturated carbocycles. The Balaban J connectivity index is 1.90. The van der Waals surface area contributed by atoms with Crippen LogP contribution in [-0.2, 0) is 5.60 Å². The topological polar surface area (TPSA) is 26.7 Å². The van der Waals surface area contributed by atoms with Crippen molar-refractivity contribution in [2.24, 2.45) is 0 Å². The number of rotatable bonds is 2. The van der Waals surface area contributed by atoms with Gasteiger partial charge in [-0.15, -0.1) is 0 Å². The van der Waals surface area contributed by atoms with Crippen molar-refractivity contribution in [3.63, 3.8) is 0 Å².